The van der Waals surface area contributed by atoms with Gasteiger partial charge in [0.2, 0.25) is 10.0 Å². The largest absolute Gasteiger partial charge is 0.489 e. The number of fused-ring (bicyclic) bond motifs is 2. The number of hydrogen-bond acceptors (Lipinski definition) is 5. The predicted molar refractivity (Wildman–Crippen MR) is 104 cm³/mol. The van der Waals surface area contributed by atoms with Crippen LogP contribution in [0.25, 0.3) is 0 Å². The number of sulfonamides is 1. The molecule has 0 aliphatic carbocycles. The van der Waals surface area contributed by atoms with E-state index in [-0.39, 0.29) is 10.9 Å². The van der Waals surface area contributed by atoms with Crippen LogP contribution in [-0.4, -0.2) is 27.7 Å². The van der Waals surface area contributed by atoms with Crippen molar-refractivity contribution in [2.45, 2.75) is 37.2 Å². The van der Waals surface area contributed by atoms with Crippen molar-refractivity contribution in [3.8, 4) is 11.5 Å². The Morgan fingerprint density at radius 1 is 1.22 bits per heavy atom. The van der Waals surface area contributed by atoms with Crippen molar-refractivity contribution in [2.75, 3.05) is 18.1 Å². The van der Waals surface area contributed by atoms with Crippen molar-refractivity contribution in [3.05, 3.63) is 46.5 Å². The summed E-state index contributed by atoms with van der Waals surface area (Å²) in [5.41, 5.74) is 3.01. The first-order chi connectivity index (χ1) is 12.8. The molecule has 1 atom stereocenters. The van der Waals surface area contributed by atoms with E-state index in [0.29, 0.717) is 36.3 Å². The van der Waals surface area contributed by atoms with Gasteiger partial charge < -0.3 is 14.4 Å². The second-order valence-corrected chi connectivity index (χ2v) is 8.94. The van der Waals surface area contributed by atoms with Gasteiger partial charge in [-0.15, -0.1) is 0 Å². The summed E-state index contributed by atoms with van der Waals surface area (Å²) in [5.74, 6) is 1.28. The van der Waals surface area contributed by atoms with E-state index in [4.69, 9.17) is 26.2 Å². The van der Waals surface area contributed by atoms with Crippen molar-refractivity contribution in [2.24, 2.45) is 5.14 Å². The maximum Gasteiger partial charge on any atom is 0.238 e. The van der Waals surface area contributed by atoms with Gasteiger partial charge in [0, 0.05) is 24.7 Å². The van der Waals surface area contributed by atoms with Crippen LogP contribution in [0.15, 0.2) is 35.2 Å². The predicted octanol–water partition coefficient (Wildman–Crippen LogP) is 3.10. The van der Waals surface area contributed by atoms with Crippen LogP contribution in [0, 0.1) is 0 Å². The zero-order chi connectivity index (χ0) is 19.2. The minimum absolute atomic E-state index is 0.147. The fraction of sp³-hybridized carbons (Fsp3) is 0.368. The molecule has 2 N–H and O–H groups in total. The summed E-state index contributed by atoms with van der Waals surface area (Å²) in [7, 11) is -3.70. The molecule has 0 fully saturated rings. The monoisotopic (exact) mass is 408 g/mol. The van der Waals surface area contributed by atoms with Crippen molar-refractivity contribution in [3.63, 3.8) is 0 Å². The molecule has 0 amide bonds. The van der Waals surface area contributed by atoms with Gasteiger partial charge in [-0.05, 0) is 54.8 Å². The van der Waals surface area contributed by atoms with Crippen LogP contribution in [0.4, 0.5) is 5.69 Å². The van der Waals surface area contributed by atoms with Gasteiger partial charge in [-0.3, -0.25) is 0 Å². The van der Waals surface area contributed by atoms with E-state index in [1.165, 1.54) is 0 Å². The van der Waals surface area contributed by atoms with Gasteiger partial charge >= 0.3 is 0 Å². The topological polar surface area (TPSA) is 81.9 Å². The third kappa shape index (κ3) is 3.59. The van der Waals surface area contributed by atoms with Gasteiger partial charge in [0.25, 0.3) is 0 Å². The number of hydrogen-bond donors (Lipinski definition) is 1. The van der Waals surface area contributed by atoms with Crippen LogP contribution in [0.1, 0.15) is 24.5 Å². The molecule has 4 rings (SSSR count). The lowest BCUT2D eigenvalue weighted by Crippen LogP contribution is -2.28. The molecule has 6 nitrogen and oxygen atoms in total. The van der Waals surface area contributed by atoms with E-state index < -0.39 is 10.0 Å². The molecule has 0 aromatic heterocycles. The quantitative estimate of drug-likeness (QED) is 0.843. The van der Waals surface area contributed by atoms with Gasteiger partial charge in [0.1, 0.15) is 0 Å². The van der Waals surface area contributed by atoms with Crippen LogP contribution in [-0.2, 0) is 23.0 Å². The van der Waals surface area contributed by atoms with Crippen LogP contribution in [0.5, 0.6) is 11.5 Å². The molecule has 1 unspecified atom stereocenters. The van der Waals surface area contributed by atoms with E-state index in [1.54, 1.807) is 12.1 Å². The smallest absolute Gasteiger partial charge is 0.238 e. The highest BCUT2D eigenvalue weighted by Crippen LogP contribution is 2.40. The lowest BCUT2D eigenvalue weighted by Gasteiger charge is -2.25. The SMILES string of the molecule is CC1Cc2cc(S(N)(=O)=O)ccc2N1Cc1cc(Cl)c2c(c1)OCCCO2. The lowest BCUT2D eigenvalue weighted by molar-refractivity contribution is 0.297. The van der Waals surface area contributed by atoms with Crippen LogP contribution >= 0.6 is 11.6 Å². The Kier molecular flexibility index (Phi) is 4.70. The van der Waals surface area contributed by atoms with Crippen molar-refractivity contribution >= 4 is 27.3 Å². The molecular weight excluding hydrogens is 388 g/mol. The number of benzene rings is 2. The summed E-state index contributed by atoms with van der Waals surface area (Å²) in [6, 6.07) is 9.14. The number of primary sulfonamides is 1. The first-order valence-electron chi connectivity index (χ1n) is 8.83. The van der Waals surface area contributed by atoms with Gasteiger partial charge in [0.15, 0.2) is 11.5 Å². The van der Waals surface area contributed by atoms with Gasteiger partial charge in [-0.2, -0.15) is 0 Å². The first-order valence-corrected chi connectivity index (χ1v) is 10.8. The first kappa shape index (κ1) is 18.4. The molecule has 2 aromatic rings. The normalized spacial score (nSPS) is 18.9. The summed E-state index contributed by atoms with van der Waals surface area (Å²) in [6.45, 7) is 3.95. The fourth-order valence-electron chi connectivity index (χ4n) is 3.66. The van der Waals surface area contributed by atoms with Crippen molar-refractivity contribution in [1.82, 2.24) is 0 Å². The average molecular weight is 409 g/mol. The Bertz CT molecular complexity index is 993. The van der Waals surface area contributed by atoms with Gasteiger partial charge in [-0.25, -0.2) is 13.6 Å². The standard InChI is InChI=1S/C19H21ClN2O4S/c1-12-7-14-10-15(27(21,23)24)3-4-17(14)22(12)11-13-8-16(20)19-18(9-13)25-5-2-6-26-19/h3-4,8-10,12H,2,5-7,11H2,1H3,(H2,21,23,24). The van der Waals surface area contributed by atoms with Crippen molar-refractivity contribution < 1.29 is 17.9 Å². The number of nitrogens with two attached hydrogens (primary N) is 1. The molecular formula is C19H21ClN2O4S. The van der Waals surface area contributed by atoms with E-state index in [1.807, 2.05) is 18.2 Å². The number of anilines is 1. The fourth-order valence-corrected chi connectivity index (χ4v) is 4.51. The summed E-state index contributed by atoms with van der Waals surface area (Å²) in [5, 5.41) is 5.80. The maximum atomic E-state index is 11.6. The summed E-state index contributed by atoms with van der Waals surface area (Å²) in [6.07, 6.45) is 1.58. The van der Waals surface area contributed by atoms with Gasteiger partial charge in [-0.1, -0.05) is 11.6 Å². The van der Waals surface area contributed by atoms with E-state index in [0.717, 1.165) is 29.7 Å². The summed E-state index contributed by atoms with van der Waals surface area (Å²) >= 11 is 6.41. The molecule has 2 aromatic carbocycles. The second kappa shape index (κ2) is 6.89. The molecule has 27 heavy (non-hydrogen) atoms. The molecule has 0 spiro atoms. The highest BCUT2D eigenvalue weighted by molar-refractivity contribution is 7.89. The zero-order valence-electron chi connectivity index (χ0n) is 14.9. The van der Waals surface area contributed by atoms with Crippen LogP contribution in [0.2, 0.25) is 5.02 Å². The molecule has 2 aliphatic rings. The van der Waals surface area contributed by atoms with Gasteiger partial charge in [0.05, 0.1) is 23.1 Å². The highest BCUT2D eigenvalue weighted by atomic mass is 35.5. The van der Waals surface area contributed by atoms with Crippen LogP contribution < -0.4 is 19.5 Å². The van der Waals surface area contributed by atoms with E-state index in [9.17, 15) is 8.42 Å². The molecule has 0 saturated heterocycles. The molecule has 0 radical (unpaired) electrons. The molecule has 8 heteroatoms. The summed E-state index contributed by atoms with van der Waals surface area (Å²) in [4.78, 5) is 2.38. The Morgan fingerprint density at radius 2 is 2.00 bits per heavy atom. The van der Waals surface area contributed by atoms with Crippen molar-refractivity contribution in [1.29, 1.82) is 0 Å². The number of ether oxygens (including phenoxy) is 2. The molecule has 144 valence electrons. The Hall–Kier alpha value is -1.96. The zero-order valence-corrected chi connectivity index (χ0v) is 16.5. The minimum atomic E-state index is -3.70. The van der Waals surface area contributed by atoms with E-state index >= 15 is 0 Å². The van der Waals surface area contributed by atoms with E-state index in [2.05, 4.69) is 11.8 Å². The molecule has 2 aliphatic heterocycles. The third-order valence-corrected chi connectivity index (χ3v) is 6.14. The Morgan fingerprint density at radius 3 is 2.78 bits per heavy atom. The third-order valence-electron chi connectivity index (χ3n) is 4.95. The lowest BCUT2D eigenvalue weighted by atomic mass is 10.1. The van der Waals surface area contributed by atoms with Crippen LogP contribution in [0.3, 0.4) is 0 Å². The number of nitrogens with zero attached hydrogens (tertiary/aromatic N) is 1. The number of halogens is 1. The Balaban J connectivity index is 1.65. The molecule has 0 saturated carbocycles. The minimum Gasteiger partial charge on any atom is -0.489 e. The maximum absolute atomic E-state index is 11.6. The number of rotatable bonds is 3. The molecule has 0 bridgehead atoms. The second-order valence-electron chi connectivity index (χ2n) is 6.97. The summed E-state index contributed by atoms with van der Waals surface area (Å²) < 4.78 is 34.7. The Labute approximate surface area is 163 Å². The molecule has 2 heterocycles. The average Bonchev–Trinajstić information content (AvgIpc) is 2.77. The highest BCUT2D eigenvalue weighted by Gasteiger charge is 2.28.